The van der Waals surface area contributed by atoms with Crippen LogP contribution in [-0.2, 0) is 10.3 Å². The van der Waals surface area contributed by atoms with Crippen molar-refractivity contribution in [3.05, 3.63) is 34.9 Å². The van der Waals surface area contributed by atoms with Crippen LogP contribution in [0.4, 0.5) is 8.78 Å². The van der Waals surface area contributed by atoms with Gasteiger partial charge in [0, 0.05) is 16.5 Å². The maximum absolute atomic E-state index is 13.6. The van der Waals surface area contributed by atoms with Crippen LogP contribution in [0.5, 0.6) is 0 Å². The Kier molecular flexibility index (Phi) is 2.48. The zero-order valence-corrected chi connectivity index (χ0v) is 10.1. The maximum Gasteiger partial charge on any atom is 0.283 e. The van der Waals surface area contributed by atoms with Gasteiger partial charge in [-0.3, -0.25) is 0 Å². The van der Waals surface area contributed by atoms with Gasteiger partial charge in [0.25, 0.3) is 12.4 Å². The highest BCUT2D eigenvalue weighted by Crippen LogP contribution is 2.56. The Morgan fingerprint density at radius 3 is 2.83 bits per heavy atom. The van der Waals surface area contributed by atoms with Gasteiger partial charge in [-0.1, -0.05) is 29.8 Å². The van der Waals surface area contributed by atoms with Crippen LogP contribution in [0.2, 0.25) is 5.02 Å². The van der Waals surface area contributed by atoms with Crippen molar-refractivity contribution in [3.8, 4) is 0 Å². The number of nitrogens with two attached hydrogens (primary N) is 1. The van der Waals surface area contributed by atoms with E-state index in [9.17, 15) is 8.78 Å². The fourth-order valence-electron chi connectivity index (χ4n) is 2.59. The first-order valence-electron chi connectivity index (χ1n) is 5.61. The number of alkyl halides is 2. The molecule has 3 atom stereocenters. The van der Waals surface area contributed by atoms with Gasteiger partial charge < -0.3 is 10.5 Å². The number of aliphatic imine (C=N–C) groups is 1. The standard InChI is InChI=1S/C12H11ClF2N2O/c13-8-4-2-1-3-6(8)12(10(14)15)7-5-9(7)18-11(16)17-12/h1-4,7,9-10H,5H2,(H2,16,17)/t7-,9+,12+/m0/s1. The number of benzene rings is 1. The molecule has 18 heavy (non-hydrogen) atoms. The molecule has 0 amide bonds. The van der Waals surface area contributed by atoms with E-state index in [1.807, 2.05) is 0 Å². The van der Waals surface area contributed by atoms with E-state index in [0.717, 1.165) is 0 Å². The molecule has 1 saturated carbocycles. The topological polar surface area (TPSA) is 47.6 Å². The molecule has 0 saturated heterocycles. The van der Waals surface area contributed by atoms with Gasteiger partial charge in [0.2, 0.25) is 0 Å². The fraction of sp³-hybridized carbons (Fsp3) is 0.417. The number of nitrogens with zero attached hydrogens (tertiary/aromatic N) is 1. The number of amidine groups is 1. The number of hydrogen-bond acceptors (Lipinski definition) is 3. The SMILES string of the molecule is NC1=N[C@@](c2ccccc2Cl)(C(F)F)[C@H]2C[C@H]2O1. The predicted molar refractivity (Wildman–Crippen MR) is 63.7 cm³/mol. The molecule has 0 radical (unpaired) electrons. The van der Waals surface area contributed by atoms with Gasteiger partial charge in [-0.2, -0.15) is 0 Å². The molecule has 3 nitrogen and oxygen atoms in total. The van der Waals surface area contributed by atoms with Crippen LogP contribution in [0.25, 0.3) is 0 Å². The van der Waals surface area contributed by atoms with E-state index in [1.165, 1.54) is 0 Å². The summed E-state index contributed by atoms with van der Waals surface area (Å²) in [6.45, 7) is 0. The molecule has 3 rings (SSSR count). The summed E-state index contributed by atoms with van der Waals surface area (Å²) < 4.78 is 32.4. The lowest BCUT2D eigenvalue weighted by Crippen LogP contribution is -2.42. The van der Waals surface area contributed by atoms with Crippen LogP contribution in [-0.4, -0.2) is 18.6 Å². The summed E-state index contributed by atoms with van der Waals surface area (Å²) in [6.07, 6.45) is -2.41. The van der Waals surface area contributed by atoms with Crippen molar-refractivity contribution in [2.75, 3.05) is 0 Å². The van der Waals surface area contributed by atoms with Crippen LogP contribution in [0.3, 0.4) is 0 Å². The molecule has 2 aliphatic rings. The van der Waals surface area contributed by atoms with Gasteiger partial charge in [-0.25, -0.2) is 13.8 Å². The molecule has 1 heterocycles. The van der Waals surface area contributed by atoms with Crippen molar-refractivity contribution < 1.29 is 13.5 Å². The second-order valence-electron chi connectivity index (χ2n) is 4.55. The lowest BCUT2D eigenvalue weighted by molar-refractivity contribution is 0.0197. The van der Waals surface area contributed by atoms with Crippen LogP contribution in [0.1, 0.15) is 12.0 Å². The van der Waals surface area contributed by atoms with Gasteiger partial charge >= 0.3 is 0 Å². The van der Waals surface area contributed by atoms with E-state index < -0.39 is 12.0 Å². The van der Waals surface area contributed by atoms with Crippen LogP contribution in [0.15, 0.2) is 29.3 Å². The zero-order chi connectivity index (χ0) is 12.9. The van der Waals surface area contributed by atoms with E-state index >= 15 is 0 Å². The molecule has 0 aromatic heterocycles. The molecule has 0 bridgehead atoms. The summed E-state index contributed by atoms with van der Waals surface area (Å²) in [6, 6.07) is 6.34. The molecule has 1 aromatic rings. The summed E-state index contributed by atoms with van der Waals surface area (Å²) >= 11 is 6.04. The Morgan fingerprint density at radius 1 is 1.44 bits per heavy atom. The number of ether oxygens (including phenoxy) is 1. The van der Waals surface area contributed by atoms with Crippen LogP contribution >= 0.6 is 11.6 Å². The van der Waals surface area contributed by atoms with Crippen molar-refractivity contribution in [3.63, 3.8) is 0 Å². The first kappa shape index (κ1) is 11.7. The number of fused-ring (bicyclic) bond motifs is 1. The Hall–Kier alpha value is -1.36. The van der Waals surface area contributed by atoms with Gasteiger partial charge in [0.1, 0.15) is 6.10 Å². The third-order valence-corrected chi connectivity index (χ3v) is 3.83. The Morgan fingerprint density at radius 2 is 2.17 bits per heavy atom. The lowest BCUT2D eigenvalue weighted by Gasteiger charge is -2.33. The van der Waals surface area contributed by atoms with Gasteiger partial charge in [0.15, 0.2) is 5.54 Å². The van der Waals surface area contributed by atoms with Crippen molar-refractivity contribution in [1.29, 1.82) is 0 Å². The van der Waals surface area contributed by atoms with Crippen molar-refractivity contribution in [2.24, 2.45) is 16.6 Å². The van der Waals surface area contributed by atoms with Gasteiger partial charge in [-0.15, -0.1) is 0 Å². The van der Waals surface area contributed by atoms with E-state index in [0.29, 0.717) is 12.0 Å². The van der Waals surface area contributed by atoms with E-state index in [4.69, 9.17) is 22.1 Å². The molecular formula is C12H11ClF2N2O. The van der Waals surface area contributed by atoms with E-state index in [-0.39, 0.29) is 23.1 Å². The molecule has 1 aromatic carbocycles. The van der Waals surface area contributed by atoms with Crippen LogP contribution in [0, 0.1) is 5.92 Å². The Bertz CT molecular complexity index is 523. The van der Waals surface area contributed by atoms with Crippen molar-refractivity contribution >= 4 is 17.6 Å². The first-order valence-corrected chi connectivity index (χ1v) is 5.98. The summed E-state index contributed by atoms with van der Waals surface area (Å²) in [5.41, 5.74) is 4.16. The molecule has 0 spiro atoms. The number of hydrogen-bond donors (Lipinski definition) is 1. The molecular weight excluding hydrogens is 262 g/mol. The summed E-state index contributed by atoms with van der Waals surface area (Å²) in [5.74, 6) is -0.357. The molecule has 1 aliphatic heterocycles. The largest absolute Gasteiger partial charge is 0.462 e. The molecule has 1 aliphatic carbocycles. The third kappa shape index (κ3) is 1.50. The Labute approximate surface area is 108 Å². The molecule has 6 heteroatoms. The minimum Gasteiger partial charge on any atom is -0.462 e. The third-order valence-electron chi connectivity index (χ3n) is 3.50. The highest BCUT2D eigenvalue weighted by Gasteiger charge is 2.63. The second kappa shape index (κ2) is 3.82. The Balaban J connectivity index is 2.19. The monoisotopic (exact) mass is 272 g/mol. The van der Waals surface area contributed by atoms with Crippen LogP contribution < -0.4 is 5.73 Å². The van der Waals surface area contributed by atoms with Crippen molar-refractivity contribution in [2.45, 2.75) is 24.5 Å². The van der Waals surface area contributed by atoms with E-state index in [2.05, 4.69) is 4.99 Å². The van der Waals surface area contributed by atoms with Gasteiger partial charge in [-0.05, 0) is 12.5 Å². The lowest BCUT2D eigenvalue weighted by atomic mass is 9.85. The fourth-order valence-corrected chi connectivity index (χ4v) is 2.87. The highest BCUT2D eigenvalue weighted by atomic mass is 35.5. The second-order valence-corrected chi connectivity index (χ2v) is 4.96. The smallest absolute Gasteiger partial charge is 0.283 e. The van der Waals surface area contributed by atoms with E-state index in [1.54, 1.807) is 24.3 Å². The quantitative estimate of drug-likeness (QED) is 0.899. The number of halogens is 3. The average molecular weight is 273 g/mol. The summed E-state index contributed by atoms with van der Waals surface area (Å²) in [4.78, 5) is 3.90. The highest BCUT2D eigenvalue weighted by molar-refractivity contribution is 6.31. The number of rotatable bonds is 2. The summed E-state index contributed by atoms with van der Waals surface area (Å²) in [7, 11) is 0. The van der Waals surface area contributed by atoms with Gasteiger partial charge in [0.05, 0.1) is 0 Å². The minimum absolute atomic E-state index is 0.186. The maximum atomic E-state index is 13.6. The minimum atomic E-state index is -2.67. The molecule has 2 N–H and O–H groups in total. The average Bonchev–Trinajstić information content (AvgIpc) is 3.07. The predicted octanol–water partition coefficient (Wildman–Crippen LogP) is 2.53. The zero-order valence-electron chi connectivity index (χ0n) is 9.32. The molecule has 96 valence electrons. The van der Waals surface area contributed by atoms with Crippen molar-refractivity contribution in [1.82, 2.24) is 0 Å². The summed E-state index contributed by atoms with van der Waals surface area (Å²) in [5, 5.41) is 0.280. The molecule has 1 fully saturated rings. The first-order chi connectivity index (χ1) is 8.55. The normalized spacial score (nSPS) is 33.7. The molecule has 0 unspecified atom stereocenters.